The Morgan fingerprint density at radius 2 is 1.94 bits per heavy atom. The first kappa shape index (κ1) is 27.3. The van der Waals surface area contributed by atoms with Crippen molar-refractivity contribution in [3.8, 4) is 5.75 Å². The lowest BCUT2D eigenvalue weighted by Crippen LogP contribution is -2.48. The zero-order valence-electron chi connectivity index (χ0n) is 21.1. The van der Waals surface area contributed by atoms with Gasteiger partial charge in [-0.2, -0.15) is 0 Å². The Kier molecular flexibility index (Phi) is 9.60. The molecule has 36 heavy (non-hydrogen) atoms. The van der Waals surface area contributed by atoms with E-state index < -0.39 is 23.3 Å². The molecule has 0 fully saturated rings. The molecule has 1 aliphatic carbocycles. The van der Waals surface area contributed by atoms with E-state index in [1.54, 1.807) is 30.2 Å². The number of thioether (sulfide) groups is 1. The number of hydrogen-bond acceptors (Lipinski definition) is 9. The molecule has 1 unspecified atom stereocenters. The molecule has 3 rings (SSSR count). The maximum absolute atomic E-state index is 13.9. The van der Waals surface area contributed by atoms with E-state index in [1.165, 1.54) is 25.8 Å². The number of rotatable bonds is 9. The summed E-state index contributed by atoms with van der Waals surface area (Å²) in [7, 11) is 6.74. The zero-order valence-corrected chi connectivity index (χ0v) is 21.9. The lowest BCUT2D eigenvalue weighted by atomic mass is 9.98. The normalized spacial score (nSPS) is 21.3. The minimum absolute atomic E-state index is 0.234. The predicted molar refractivity (Wildman–Crippen MR) is 137 cm³/mol. The van der Waals surface area contributed by atoms with E-state index in [4.69, 9.17) is 14.2 Å². The van der Waals surface area contributed by atoms with Gasteiger partial charge < -0.3 is 28.7 Å². The molecule has 3 atom stereocenters. The minimum atomic E-state index is -1.02. The number of likely N-dealkylation sites (N-methyl/N-ethyl adjacent to an activating group) is 1. The summed E-state index contributed by atoms with van der Waals surface area (Å²) < 4.78 is 21.3. The topological polar surface area (TPSA) is 94.6 Å². The molecule has 9 nitrogen and oxygen atoms in total. The molecule has 0 N–H and O–H groups in total. The fourth-order valence-corrected chi connectivity index (χ4v) is 5.20. The molecule has 0 saturated carbocycles. The maximum Gasteiger partial charge on any atom is 0.343 e. The van der Waals surface area contributed by atoms with Gasteiger partial charge in [0.15, 0.2) is 12.7 Å². The minimum Gasteiger partial charge on any atom is -0.497 e. The van der Waals surface area contributed by atoms with Crippen molar-refractivity contribution in [2.75, 3.05) is 52.9 Å². The molecule has 1 aromatic carbocycles. The number of hydrogen-bond donors (Lipinski definition) is 0. The Morgan fingerprint density at radius 3 is 2.61 bits per heavy atom. The molecule has 2 aliphatic rings. The van der Waals surface area contributed by atoms with Gasteiger partial charge in [0.05, 0.1) is 25.2 Å². The van der Waals surface area contributed by atoms with Crippen LogP contribution in [0.3, 0.4) is 0 Å². The summed E-state index contributed by atoms with van der Waals surface area (Å²) in [5.74, 6) is -0.424. The molecule has 0 saturated heterocycles. The average Bonchev–Trinajstić information content (AvgIpc) is 3.15. The molecular weight excluding hydrogens is 484 g/mol. The molecule has 1 aromatic rings. The second-order valence-corrected chi connectivity index (χ2v) is 9.71. The van der Waals surface area contributed by atoms with Crippen molar-refractivity contribution in [2.45, 2.75) is 23.2 Å². The van der Waals surface area contributed by atoms with Crippen LogP contribution in [-0.2, 0) is 28.6 Å². The fraction of sp³-hybridized carbons (Fsp3) is 0.423. The van der Waals surface area contributed by atoms with Crippen LogP contribution in [0.1, 0.15) is 6.92 Å². The smallest absolute Gasteiger partial charge is 0.343 e. The van der Waals surface area contributed by atoms with Crippen LogP contribution in [-0.4, -0.2) is 82.1 Å². The highest BCUT2D eigenvalue weighted by Gasteiger charge is 2.42. The lowest BCUT2D eigenvalue weighted by Gasteiger charge is -2.30. The molecule has 194 valence electrons. The van der Waals surface area contributed by atoms with E-state index in [9.17, 15) is 14.4 Å². The third-order valence-electron chi connectivity index (χ3n) is 5.63. The van der Waals surface area contributed by atoms with Gasteiger partial charge in [0, 0.05) is 30.8 Å². The SMILES string of the molecule is COC(=O)COc1ccc2c(c1)S[C@@H](C1C=CC=C(OC)C=C1)[C@@H](OC(C)=O)C(=O)N2CCN(C)C. The van der Waals surface area contributed by atoms with Gasteiger partial charge in [-0.3, -0.25) is 9.59 Å². The highest BCUT2D eigenvalue weighted by atomic mass is 32.2. The number of allylic oxidation sites excluding steroid dienone is 5. The number of anilines is 1. The molecule has 0 spiro atoms. The molecule has 1 amide bonds. The molecular formula is C26H32N2O7S. The summed E-state index contributed by atoms with van der Waals surface area (Å²) in [4.78, 5) is 42.0. The zero-order chi connectivity index (χ0) is 26.2. The second-order valence-electron chi connectivity index (χ2n) is 8.49. The number of nitrogens with zero attached hydrogens (tertiary/aromatic N) is 2. The number of methoxy groups -OCH3 is 2. The first-order chi connectivity index (χ1) is 17.2. The quantitative estimate of drug-likeness (QED) is 0.459. The molecule has 10 heteroatoms. The van der Waals surface area contributed by atoms with E-state index in [-0.39, 0.29) is 18.4 Å². The lowest BCUT2D eigenvalue weighted by molar-refractivity contribution is -0.153. The van der Waals surface area contributed by atoms with Crippen molar-refractivity contribution in [3.05, 3.63) is 54.3 Å². The van der Waals surface area contributed by atoms with E-state index in [2.05, 4.69) is 4.74 Å². The van der Waals surface area contributed by atoms with Crippen molar-refractivity contribution < 1.29 is 33.3 Å². The van der Waals surface area contributed by atoms with Gasteiger partial charge in [0.1, 0.15) is 11.5 Å². The number of ether oxygens (including phenoxy) is 4. The van der Waals surface area contributed by atoms with Crippen molar-refractivity contribution in [2.24, 2.45) is 5.92 Å². The van der Waals surface area contributed by atoms with Crippen LogP contribution in [0.15, 0.2) is 59.2 Å². The number of benzene rings is 1. The summed E-state index contributed by atoms with van der Waals surface area (Å²) >= 11 is 1.43. The van der Waals surface area contributed by atoms with Crippen LogP contribution in [0.25, 0.3) is 0 Å². The van der Waals surface area contributed by atoms with Gasteiger partial charge in [0.2, 0.25) is 0 Å². The first-order valence-corrected chi connectivity index (χ1v) is 12.4. The summed E-state index contributed by atoms with van der Waals surface area (Å²) in [6.45, 7) is 2.08. The largest absolute Gasteiger partial charge is 0.497 e. The fourth-order valence-electron chi connectivity index (χ4n) is 3.79. The van der Waals surface area contributed by atoms with Gasteiger partial charge in [-0.15, -0.1) is 11.8 Å². The van der Waals surface area contributed by atoms with Crippen molar-refractivity contribution in [1.29, 1.82) is 0 Å². The standard InChI is InChI=1S/C26H32N2O7S/c1-17(29)35-24-25(18-7-6-8-19(32-4)10-9-18)36-22-15-20(34-16-23(30)33-5)11-12-21(22)28(26(24)31)14-13-27(2)3/h6-12,15,18,24-25H,13-14,16H2,1-5H3/t18?,24-,25+/m1/s1. The van der Waals surface area contributed by atoms with Gasteiger partial charge >= 0.3 is 11.9 Å². The van der Waals surface area contributed by atoms with E-state index in [1.807, 2.05) is 49.4 Å². The third kappa shape index (κ3) is 6.92. The maximum atomic E-state index is 13.9. The molecule has 1 heterocycles. The van der Waals surface area contributed by atoms with Gasteiger partial charge in [0.25, 0.3) is 5.91 Å². The Bertz CT molecular complexity index is 1070. The molecule has 0 aromatic heterocycles. The van der Waals surface area contributed by atoms with Crippen LogP contribution in [0.2, 0.25) is 0 Å². The average molecular weight is 517 g/mol. The van der Waals surface area contributed by atoms with Crippen molar-refractivity contribution in [1.82, 2.24) is 4.90 Å². The van der Waals surface area contributed by atoms with Crippen LogP contribution in [0, 0.1) is 5.92 Å². The van der Waals surface area contributed by atoms with E-state index in [0.29, 0.717) is 30.3 Å². The van der Waals surface area contributed by atoms with Gasteiger partial charge in [-0.25, -0.2) is 4.79 Å². The van der Waals surface area contributed by atoms with E-state index in [0.717, 1.165) is 4.90 Å². The Morgan fingerprint density at radius 1 is 1.17 bits per heavy atom. The summed E-state index contributed by atoms with van der Waals surface area (Å²) in [5.41, 5.74) is 0.689. The number of carbonyl (C=O) groups is 3. The Balaban J connectivity index is 2.05. The second kappa shape index (κ2) is 12.6. The molecule has 1 aliphatic heterocycles. The molecule has 0 radical (unpaired) electrons. The first-order valence-electron chi connectivity index (χ1n) is 11.5. The Hall–Kier alpha value is -3.24. The molecule has 0 bridgehead atoms. The summed E-state index contributed by atoms with van der Waals surface area (Å²) in [6.07, 6.45) is 8.40. The van der Waals surface area contributed by atoms with Crippen LogP contribution in [0.4, 0.5) is 5.69 Å². The highest BCUT2D eigenvalue weighted by molar-refractivity contribution is 8.00. The van der Waals surface area contributed by atoms with Gasteiger partial charge in [-0.1, -0.05) is 18.2 Å². The third-order valence-corrected chi connectivity index (χ3v) is 7.05. The van der Waals surface area contributed by atoms with Crippen LogP contribution in [0.5, 0.6) is 5.75 Å². The van der Waals surface area contributed by atoms with Crippen molar-refractivity contribution in [3.63, 3.8) is 0 Å². The van der Waals surface area contributed by atoms with E-state index >= 15 is 0 Å². The number of carbonyl (C=O) groups excluding carboxylic acids is 3. The summed E-state index contributed by atoms with van der Waals surface area (Å²) in [5, 5.41) is -0.461. The monoisotopic (exact) mass is 516 g/mol. The number of esters is 2. The predicted octanol–water partition coefficient (Wildman–Crippen LogP) is 2.81. The van der Waals surface area contributed by atoms with Gasteiger partial charge in [-0.05, 0) is 44.4 Å². The Labute approximate surface area is 215 Å². The van der Waals surface area contributed by atoms with Crippen LogP contribution >= 0.6 is 11.8 Å². The van der Waals surface area contributed by atoms with Crippen molar-refractivity contribution >= 4 is 35.3 Å². The number of fused-ring (bicyclic) bond motifs is 1. The number of amides is 1. The van der Waals surface area contributed by atoms with Crippen LogP contribution < -0.4 is 9.64 Å². The highest BCUT2D eigenvalue weighted by Crippen LogP contribution is 2.44. The summed E-state index contributed by atoms with van der Waals surface area (Å²) in [6, 6.07) is 5.30.